The van der Waals surface area contributed by atoms with Crippen molar-refractivity contribution in [2.24, 2.45) is 0 Å². The number of pyridine rings is 1. The second-order valence-electron chi connectivity index (χ2n) is 9.66. The van der Waals surface area contributed by atoms with Gasteiger partial charge >= 0.3 is 0 Å². The maximum atomic E-state index is 2.60. The summed E-state index contributed by atoms with van der Waals surface area (Å²) in [7, 11) is 0. The molecule has 0 spiro atoms. The minimum absolute atomic E-state index is 1.19. The quantitative estimate of drug-likeness (QED) is 0.184. The zero-order valence-electron chi connectivity index (χ0n) is 21.3. The van der Waals surface area contributed by atoms with Crippen LogP contribution in [-0.4, -0.2) is 0 Å². The van der Waals surface area contributed by atoms with Crippen LogP contribution >= 0.6 is 0 Å². The molecule has 0 saturated heterocycles. The lowest BCUT2D eigenvalue weighted by Crippen LogP contribution is -2.38. The lowest BCUT2D eigenvalue weighted by molar-refractivity contribution is -0.696. The molecule has 2 rings (SSSR count). The molecule has 1 aliphatic rings. The molecule has 0 aromatic carbocycles. The smallest absolute Gasteiger partial charge is 0.189 e. The maximum absolute atomic E-state index is 2.60. The first kappa shape index (κ1) is 25.9. The Labute approximate surface area is 194 Å². The largest absolute Gasteiger partial charge is 0.199 e. The second-order valence-corrected chi connectivity index (χ2v) is 9.66. The summed E-state index contributed by atoms with van der Waals surface area (Å²) in [6.07, 6.45) is 31.3. The zero-order chi connectivity index (χ0) is 22.3. The first-order valence-corrected chi connectivity index (χ1v) is 13.6. The van der Waals surface area contributed by atoms with Crippen LogP contribution in [0.25, 0.3) is 12.2 Å². The standard InChI is InChI=1S/C30H50N/c1-5-7-9-11-13-15-17-19-22-28-26(3)29(30-24-21-25-31(30)27(28)4)23-20-18-16-14-12-10-8-6-2/h19-20,22-23H,5-18,21,24-25H2,1-4H3/q+1/b22-19+,23-20+. The summed E-state index contributed by atoms with van der Waals surface area (Å²) in [5.74, 6) is 0. The molecule has 174 valence electrons. The molecule has 1 aromatic heterocycles. The highest BCUT2D eigenvalue weighted by molar-refractivity contribution is 5.64. The van der Waals surface area contributed by atoms with Crippen LogP contribution in [-0.2, 0) is 13.0 Å². The first-order chi connectivity index (χ1) is 15.2. The molecule has 0 bridgehead atoms. The van der Waals surface area contributed by atoms with E-state index in [9.17, 15) is 0 Å². The van der Waals surface area contributed by atoms with E-state index in [0.717, 1.165) is 0 Å². The summed E-state index contributed by atoms with van der Waals surface area (Å²) in [4.78, 5) is 0. The third-order valence-corrected chi connectivity index (χ3v) is 7.05. The Bertz CT molecular complexity index is 695. The minimum Gasteiger partial charge on any atom is -0.199 e. The summed E-state index contributed by atoms with van der Waals surface area (Å²) < 4.78 is 2.60. The van der Waals surface area contributed by atoms with E-state index in [1.54, 1.807) is 5.69 Å². The molecule has 0 N–H and O–H groups in total. The van der Waals surface area contributed by atoms with Crippen LogP contribution in [0, 0.1) is 13.8 Å². The van der Waals surface area contributed by atoms with Crippen LogP contribution in [0.4, 0.5) is 0 Å². The topological polar surface area (TPSA) is 3.88 Å². The van der Waals surface area contributed by atoms with Crippen molar-refractivity contribution in [3.8, 4) is 0 Å². The van der Waals surface area contributed by atoms with Gasteiger partial charge in [-0.3, -0.25) is 0 Å². The number of aromatic nitrogens is 1. The van der Waals surface area contributed by atoms with Gasteiger partial charge in [-0.05, 0) is 38.2 Å². The Morgan fingerprint density at radius 1 is 0.677 bits per heavy atom. The molecule has 1 aliphatic heterocycles. The molecule has 0 aliphatic carbocycles. The first-order valence-electron chi connectivity index (χ1n) is 13.6. The number of nitrogens with zero attached hydrogens (tertiary/aromatic N) is 1. The molecule has 0 unspecified atom stereocenters. The van der Waals surface area contributed by atoms with Crippen LogP contribution in [0.5, 0.6) is 0 Å². The molecule has 1 aromatic rings. The van der Waals surface area contributed by atoms with E-state index in [4.69, 9.17) is 0 Å². The Morgan fingerprint density at radius 3 is 1.77 bits per heavy atom. The van der Waals surface area contributed by atoms with Crippen LogP contribution in [0.2, 0.25) is 0 Å². The number of allylic oxidation sites excluding steroid dienone is 2. The third-order valence-electron chi connectivity index (χ3n) is 7.05. The molecule has 0 atom stereocenters. The van der Waals surface area contributed by atoms with Gasteiger partial charge in [0.05, 0.1) is 0 Å². The van der Waals surface area contributed by atoms with E-state index in [0.29, 0.717) is 0 Å². The SMILES string of the molecule is CCCCCCCC/C=C/c1c(C)c(/C=C/CCCCCCCC)c2[n+](c1C)CCC2. The van der Waals surface area contributed by atoms with Crippen LogP contribution in [0.15, 0.2) is 12.2 Å². The zero-order valence-corrected chi connectivity index (χ0v) is 21.3. The summed E-state index contributed by atoms with van der Waals surface area (Å²) in [6, 6.07) is 0. The fourth-order valence-corrected chi connectivity index (χ4v) is 5.06. The minimum atomic E-state index is 1.19. The number of fused-ring (bicyclic) bond motifs is 1. The molecule has 2 heterocycles. The molecule has 1 heteroatoms. The lowest BCUT2D eigenvalue weighted by Gasteiger charge is -2.11. The normalized spacial score (nSPS) is 13.7. The van der Waals surface area contributed by atoms with E-state index in [1.165, 1.54) is 132 Å². The molecule has 0 saturated carbocycles. The van der Waals surface area contributed by atoms with Gasteiger partial charge in [0.25, 0.3) is 0 Å². The van der Waals surface area contributed by atoms with Crippen molar-refractivity contribution in [1.82, 2.24) is 0 Å². The van der Waals surface area contributed by atoms with Gasteiger partial charge in [-0.25, -0.2) is 0 Å². The average Bonchev–Trinajstić information content (AvgIpc) is 3.26. The Morgan fingerprint density at radius 2 is 1.19 bits per heavy atom. The fraction of sp³-hybridized carbons (Fsp3) is 0.700. The molecule has 0 fully saturated rings. The summed E-state index contributed by atoms with van der Waals surface area (Å²) in [5.41, 5.74) is 7.51. The monoisotopic (exact) mass is 424 g/mol. The highest BCUT2D eigenvalue weighted by atomic mass is 15.0. The highest BCUT2D eigenvalue weighted by Crippen LogP contribution is 2.26. The second kappa shape index (κ2) is 15.4. The summed E-state index contributed by atoms with van der Waals surface area (Å²) >= 11 is 0. The summed E-state index contributed by atoms with van der Waals surface area (Å²) in [5, 5.41) is 0. The number of hydrogen-bond donors (Lipinski definition) is 0. The van der Waals surface area contributed by atoms with Crippen molar-refractivity contribution < 1.29 is 4.57 Å². The Kier molecular flexibility index (Phi) is 12.9. The molecule has 0 radical (unpaired) electrons. The van der Waals surface area contributed by atoms with Gasteiger partial charge in [0.15, 0.2) is 11.4 Å². The van der Waals surface area contributed by atoms with Crippen LogP contribution in [0.3, 0.4) is 0 Å². The Hall–Kier alpha value is -1.37. The fourth-order valence-electron chi connectivity index (χ4n) is 5.06. The average molecular weight is 425 g/mol. The molecule has 0 amide bonds. The van der Waals surface area contributed by atoms with E-state index < -0.39 is 0 Å². The van der Waals surface area contributed by atoms with Gasteiger partial charge < -0.3 is 0 Å². The van der Waals surface area contributed by atoms with Gasteiger partial charge in [0, 0.05) is 30.9 Å². The van der Waals surface area contributed by atoms with Crippen LogP contribution < -0.4 is 4.57 Å². The van der Waals surface area contributed by atoms with Gasteiger partial charge in [0.1, 0.15) is 6.54 Å². The van der Waals surface area contributed by atoms with E-state index >= 15 is 0 Å². The van der Waals surface area contributed by atoms with Crippen molar-refractivity contribution in [1.29, 1.82) is 0 Å². The molecular weight excluding hydrogens is 374 g/mol. The van der Waals surface area contributed by atoms with Crippen LogP contribution in [0.1, 0.15) is 138 Å². The third kappa shape index (κ3) is 8.59. The van der Waals surface area contributed by atoms with E-state index in [-0.39, 0.29) is 0 Å². The number of unbranched alkanes of at least 4 members (excludes halogenated alkanes) is 12. The summed E-state index contributed by atoms with van der Waals surface area (Å²) in [6.45, 7) is 10.5. The van der Waals surface area contributed by atoms with Gasteiger partial charge in [-0.1, -0.05) is 102 Å². The Balaban J connectivity index is 1.96. The predicted octanol–water partition coefficient (Wildman–Crippen LogP) is 9.06. The number of rotatable bonds is 16. The van der Waals surface area contributed by atoms with E-state index in [1.807, 2.05) is 0 Å². The van der Waals surface area contributed by atoms with Crippen molar-refractivity contribution in [2.75, 3.05) is 0 Å². The van der Waals surface area contributed by atoms with Crippen molar-refractivity contribution in [3.05, 3.63) is 40.2 Å². The number of hydrogen-bond acceptors (Lipinski definition) is 0. The van der Waals surface area contributed by atoms with Gasteiger partial charge in [-0.15, -0.1) is 0 Å². The molecule has 1 nitrogen and oxygen atoms in total. The molecular formula is C30H50N+. The van der Waals surface area contributed by atoms with Crippen molar-refractivity contribution in [3.63, 3.8) is 0 Å². The molecule has 31 heavy (non-hydrogen) atoms. The maximum Gasteiger partial charge on any atom is 0.189 e. The lowest BCUT2D eigenvalue weighted by atomic mass is 9.97. The highest BCUT2D eigenvalue weighted by Gasteiger charge is 2.28. The predicted molar refractivity (Wildman–Crippen MR) is 138 cm³/mol. The van der Waals surface area contributed by atoms with E-state index in [2.05, 4.69) is 56.6 Å². The van der Waals surface area contributed by atoms with Crippen molar-refractivity contribution in [2.45, 2.75) is 137 Å². The van der Waals surface area contributed by atoms with Crippen molar-refractivity contribution >= 4 is 12.2 Å². The van der Waals surface area contributed by atoms with Gasteiger partial charge in [0.2, 0.25) is 0 Å². The van der Waals surface area contributed by atoms with Gasteiger partial charge in [-0.2, -0.15) is 4.57 Å².